The molecule has 1 nitrogen and oxygen atoms in total. The summed E-state index contributed by atoms with van der Waals surface area (Å²) < 4.78 is 5.36. The minimum Gasteiger partial charge on any atom is -0.352 e. The summed E-state index contributed by atoms with van der Waals surface area (Å²) in [5.74, 6) is 4.29. The van der Waals surface area contributed by atoms with Gasteiger partial charge < -0.3 is 4.52 Å². The highest BCUT2D eigenvalue weighted by Gasteiger charge is 2.18. The molecule has 0 aromatic rings. The molecule has 88 valence electrons. The second-order valence-electron chi connectivity index (χ2n) is 3.60. The Morgan fingerprint density at radius 3 is 2.40 bits per heavy atom. The van der Waals surface area contributed by atoms with Gasteiger partial charge in [-0.3, -0.25) is 0 Å². The van der Waals surface area contributed by atoms with Crippen LogP contribution in [0.25, 0.3) is 0 Å². The van der Waals surface area contributed by atoms with Crippen LogP contribution in [-0.4, -0.2) is 6.61 Å². The quantitative estimate of drug-likeness (QED) is 0.309. The van der Waals surface area contributed by atoms with Gasteiger partial charge in [0, 0.05) is 5.92 Å². The van der Waals surface area contributed by atoms with E-state index >= 15 is 0 Å². The van der Waals surface area contributed by atoms with Crippen molar-refractivity contribution in [1.29, 1.82) is 0 Å². The lowest BCUT2D eigenvalue weighted by atomic mass is 9.81. The van der Waals surface area contributed by atoms with Gasteiger partial charge in [0.1, 0.15) is 0 Å². The molecule has 1 saturated carbocycles. The summed E-state index contributed by atoms with van der Waals surface area (Å²) in [6.07, 6.45) is 11.7. The Bertz CT molecular complexity index is 171. The van der Waals surface area contributed by atoms with E-state index in [0.29, 0.717) is 12.4 Å². The highest BCUT2D eigenvalue weighted by Crippen LogP contribution is 2.31. The molecule has 1 rings (SSSR count). The molecule has 0 saturated heterocycles. The molecule has 1 aliphatic rings. The third kappa shape index (κ3) is 7.55. The maximum atomic E-state index is 5.40. The van der Waals surface area contributed by atoms with Crippen LogP contribution in [0.5, 0.6) is 0 Å². The zero-order valence-corrected chi connectivity index (χ0v) is 12.9. The van der Waals surface area contributed by atoms with Crippen LogP contribution in [-0.2, 0) is 4.52 Å². The average molecular weight is 340 g/mol. The molecule has 0 aliphatic heterocycles. The Morgan fingerprint density at radius 2 is 1.93 bits per heavy atom. The third-order valence-corrected chi connectivity index (χ3v) is 4.01. The van der Waals surface area contributed by atoms with Gasteiger partial charge >= 0.3 is 0 Å². The van der Waals surface area contributed by atoms with Gasteiger partial charge in [0.05, 0.1) is 13.1 Å². The fourth-order valence-electron chi connectivity index (χ4n) is 1.88. The Morgan fingerprint density at radius 1 is 1.33 bits per heavy atom. The smallest absolute Gasteiger partial charge is 0.0793 e. The van der Waals surface area contributed by atoms with Gasteiger partial charge in [0.2, 0.25) is 0 Å². The van der Waals surface area contributed by atoms with Crippen LogP contribution in [0.4, 0.5) is 0 Å². The van der Waals surface area contributed by atoms with Crippen LogP contribution in [0.15, 0.2) is 0 Å². The second-order valence-corrected chi connectivity index (χ2v) is 5.36. The first kappa shape index (κ1) is 15.7. The first-order chi connectivity index (χ1) is 7.36. The molecule has 0 radical (unpaired) electrons. The van der Waals surface area contributed by atoms with Gasteiger partial charge in [-0.25, -0.2) is 0 Å². The maximum absolute atomic E-state index is 5.40. The minimum atomic E-state index is 0.559. The Kier molecular flexibility index (Phi) is 11.7. The Balaban J connectivity index is 0.000000921. The lowest BCUT2D eigenvalue weighted by molar-refractivity contribution is 0.251. The van der Waals surface area contributed by atoms with E-state index < -0.39 is 0 Å². The molecule has 3 heteroatoms. The first-order valence-electron chi connectivity index (χ1n) is 5.80. The zero-order chi connectivity index (χ0) is 11.5. The molecule has 0 heterocycles. The van der Waals surface area contributed by atoms with Crippen LogP contribution < -0.4 is 0 Å². The van der Waals surface area contributed by atoms with E-state index in [1.807, 2.05) is 13.8 Å². The van der Waals surface area contributed by atoms with Crippen LogP contribution in [0.2, 0.25) is 0 Å². The van der Waals surface area contributed by atoms with Crippen molar-refractivity contribution in [2.24, 2.45) is 11.8 Å². The van der Waals surface area contributed by atoms with Crippen LogP contribution in [0.3, 0.4) is 0 Å². The maximum Gasteiger partial charge on any atom is 0.0793 e. The molecule has 1 atom stereocenters. The SMILES string of the molecule is C#CC1CCC(CCOPI)CC1.CC. The Labute approximate surface area is 109 Å². The molecule has 0 N–H and O–H groups in total. The van der Waals surface area contributed by atoms with Crippen molar-refractivity contribution in [3.63, 3.8) is 0 Å². The highest BCUT2D eigenvalue weighted by atomic mass is 127. The number of rotatable bonds is 4. The normalized spacial score (nSPS) is 25.7. The van der Waals surface area contributed by atoms with Crippen molar-refractivity contribution in [3.05, 3.63) is 0 Å². The van der Waals surface area contributed by atoms with Gasteiger partial charge in [0.15, 0.2) is 0 Å². The molecule has 1 aliphatic carbocycles. The number of halogens is 1. The number of hydrogen-bond acceptors (Lipinski definition) is 1. The summed E-state index contributed by atoms with van der Waals surface area (Å²) in [5, 5.41) is 0. The van der Waals surface area contributed by atoms with E-state index in [2.05, 4.69) is 28.0 Å². The van der Waals surface area contributed by atoms with Crippen LogP contribution >= 0.6 is 28.5 Å². The van der Waals surface area contributed by atoms with Gasteiger partial charge in [-0.15, -0.1) is 12.3 Å². The fraction of sp³-hybridized carbons (Fsp3) is 0.833. The van der Waals surface area contributed by atoms with Crippen LogP contribution in [0.1, 0.15) is 46.0 Å². The zero-order valence-electron chi connectivity index (χ0n) is 9.76. The molecule has 0 spiro atoms. The molecule has 1 fully saturated rings. The second kappa shape index (κ2) is 11.2. The largest absolute Gasteiger partial charge is 0.352 e. The molecule has 1 unspecified atom stereocenters. The summed E-state index contributed by atoms with van der Waals surface area (Å²) in [4.78, 5) is 0. The predicted molar refractivity (Wildman–Crippen MR) is 78.5 cm³/mol. The number of terminal acetylenes is 1. The van der Waals surface area contributed by atoms with E-state index in [1.54, 1.807) is 0 Å². The molecule has 15 heavy (non-hydrogen) atoms. The predicted octanol–water partition coefficient (Wildman–Crippen LogP) is 4.80. The lowest BCUT2D eigenvalue weighted by Crippen LogP contribution is -2.14. The summed E-state index contributed by atoms with van der Waals surface area (Å²) >= 11 is 2.27. The van der Waals surface area contributed by atoms with Gasteiger partial charge in [-0.2, -0.15) is 0 Å². The van der Waals surface area contributed by atoms with E-state index in [4.69, 9.17) is 10.9 Å². The standard InChI is InChI=1S/C10H16IOP.C2H6/c1-2-9-3-5-10(6-4-9)7-8-12-13-11;1-2/h1,9-10,13H,3-8H2;1-2H3. The monoisotopic (exact) mass is 340 g/mol. The summed E-state index contributed by atoms with van der Waals surface area (Å²) in [7, 11) is 0. The minimum absolute atomic E-state index is 0.559. The van der Waals surface area contributed by atoms with E-state index in [9.17, 15) is 0 Å². The average Bonchev–Trinajstić information content (AvgIpc) is 2.33. The van der Waals surface area contributed by atoms with Gasteiger partial charge in [-0.05, 0) is 60.1 Å². The highest BCUT2D eigenvalue weighted by molar-refractivity contribution is 14.2. The first-order valence-corrected chi connectivity index (χ1v) is 9.82. The molecule has 0 aromatic carbocycles. The molecule has 0 bridgehead atoms. The van der Waals surface area contributed by atoms with E-state index in [0.717, 1.165) is 12.5 Å². The molecule has 0 amide bonds. The lowest BCUT2D eigenvalue weighted by Gasteiger charge is -2.25. The van der Waals surface area contributed by atoms with Crippen molar-refractivity contribution in [2.75, 3.05) is 6.61 Å². The fourth-order valence-corrected chi connectivity index (χ4v) is 2.74. The Hall–Kier alpha value is 0.680. The van der Waals surface area contributed by atoms with Crippen molar-refractivity contribution >= 4 is 28.5 Å². The summed E-state index contributed by atoms with van der Waals surface area (Å²) in [5.41, 5.74) is 0. The summed E-state index contributed by atoms with van der Waals surface area (Å²) in [6, 6.07) is 0. The van der Waals surface area contributed by atoms with E-state index in [1.165, 1.54) is 32.1 Å². The van der Waals surface area contributed by atoms with Crippen molar-refractivity contribution in [3.8, 4) is 12.3 Å². The van der Waals surface area contributed by atoms with Crippen molar-refractivity contribution in [2.45, 2.75) is 46.0 Å². The van der Waals surface area contributed by atoms with Crippen LogP contribution in [0, 0.1) is 24.2 Å². The van der Waals surface area contributed by atoms with Gasteiger partial charge in [0.25, 0.3) is 0 Å². The molecule has 0 aromatic heterocycles. The summed E-state index contributed by atoms with van der Waals surface area (Å²) in [6.45, 7) is 5.55. The molecular formula is C12H22IOP. The topological polar surface area (TPSA) is 9.23 Å². The van der Waals surface area contributed by atoms with Gasteiger partial charge in [-0.1, -0.05) is 13.8 Å². The van der Waals surface area contributed by atoms with E-state index in [-0.39, 0.29) is 0 Å². The van der Waals surface area contributed by atoms with Crippen molar-refractivity contribution < 1.29 is 4.52 Å². The van der Waals surface area contributed by atoms with Crippen molar-refractivity contribution in [1.82, 2.24) is 0 Å². The number of hydrogen-bond donors (Lipinski definition) is 0. The molecular weight excluding hydrogens is 318 g/mol. The third-order valence-electron chi connectivity index (χ3n) is 2.77.